The van der Waals surface area contributed by atoms with Gasteiger partial charge < -0.3 is 15.8 Å². The van der Waals surface area contributed by atoms with Crippen LogP contribution in [0.4, 0.5) is 25.1 Å². The second-order valence-corrected chi connectivity index (χ2v) is 2.10. The van der Waals surface area contributed by atoms with Crippen molar-refractivity contribution >= 4 is 11.9 Å². The van der Waals surface area contributed by atoms with Crippen molar-refractivity contribution in [1.82, 2.24) is 15.0 Å². The van der Waals surface area contributed by atoms with Gasteiger partial charge in [0.25, 0.3) is 0 Å². The van der Waals surface area contributed by atoms with Crippen molar-refractivity contribution in [2.75, 3.05) is 18.1 Å². The van der Waals surface area contributed by atoms with Crippen molar-refractivity contribution in [3.8, 4) is 6.01 Å². The van der Waals surface area contributed by atoms with Crippen molar-refractivity contribution in [2.24, 2.45) is 0 Å². The molecular weight excluding hydrogens is 203 g/mol. The van der Waals surface area contributed by atoms with Crippen LogP contribution in [0.2, 0.25) is 0 Å². The van der Waals surface area contributed by atoms with E-state index in [1.54, 1.807) is 0 Å². The number of nitrogens with zero attached hydrogens (tertiary/aromatic N) is 3. The summed E-state index contributed by atoms with van der Waals surface area (Å²) in [4.78, 5) is 9.90. The summed E-state index contributed by atoms with van der Waals surface area (Å²) in [7, 11) is 1.42. The van der Waals surface area contributed by atoms with Crippen LogP contribution in [0.15, 0.2) is 0 Å². The molecule has 0 amide bonds. The highest BCUT2D eigenvalue weighted by Gasteiger charge is 2.32. The van der Waals surface area contributed by atoms with E-state index in [9.17, 15) is 13.2 Å². The molecule has 0 bridgehead atoms. The number of nitrogens with one attached hydrogen (secondary N) is 1. The van der Waals surface area contributed by atoms with Gasteiger partial charge in [0.2, 0.25) is 11.9 Å². The third-order valence-electron chi connectivity index (χ3n) is 1.06. The zero-order chi connectivity index (χ0) is 10.8. The van der Waals surface area contributed by atoms with Crippen molar-refractivity contribution < 1.29 is 17.9 Å². The first kappa shape index (κ1) is 10.3. The average Bonchev–Trinajstić information content (AvgIpc) is 1.99. The summed E-state index contributed by atoms with van der Waals surface area (Å²) in [6, 6.07) is -0.894. The molecule has 9 heteroatoms. The summed E-state index contributed by atoms with van der Waals surface area (Å²) in [5, 5.41) is 2.40. The fourth-order valence-electron chi connectivity index (χ4n) is 0.633. The molecule has 0 saturated carbocycles. The Morgan fingerprint density at radius 1 is 1.29 bits per heavy atom. The molecule has 0 saturated heterocycles. The number of halogens is 3. The van der Waals surface area contributed by atoms with Crippen LogP contribution in [0.25, 0.3) is 0 Å². The summed E-state index contributed by atoms with van der Waals surface area (Å²) in [6.07, 6.45) is -4.85. The zero-order valence-corrected chi connectivity index (χ0v) is 6.96. The van der Waals surface area contributed by atoms with Crippen LogP contribution >= 0.6 is 0 Å². The Kier molecular flexibility index (Phi) is 2.58. The number of rotatable bonds is 2. The second kappa shape index (κ2) is 3.52. The third-order valence-corrected chi connectivity index (χ3v) is 1.06. The first-order valence-corrected chi connectivity index (χ1v) is 3.36. The molecule has 0 aliphatic rings. The molecule has 0 unspecified atom stereocenters. The molecule has 14 heavy (non-hydrogen) atoms. The van der Waals surface area contributed by atoms with Gasteiger partial charge in [-0.15, -0.1) is 13.2 Å². The monoisotopic (exact) mass is 209 g/mol. The third kappa shape index (κ3) is 2.92. The molecule has 1 aromatic heterocycles. The summed E-state index contributed by atoms with van der Waals surface area (Å²) in [5.41, 5.74) is 5.10. The molecule has 0 spiro atoms. The molecule has 0 atom stereocenters. The lowest BCUT2D eigenvalue weighted by atomic mass is 10.8. The predicted molar refractivity (Wildman–Crippen MR) is 40.5 cm³/mol. The Labute approximate surface area is 76.3 Å². The summed E-state index contributed by atoms with van der Waals surface area (Å²) >= 11 is 0. The highest BCUT2D eigenvalue weighted by atomic mass is 19.4. The summed E-state index contributed by atoms with van der Waals surface area (Å²) in [5.74, 6) is -0.458. The Balaban J connectivity index is 2.92. The molecule has 78 valence electrons. The molecule has 1 rings (SSSR count). The lowest BCUT2D eigenvalue weighted by Gasteiger charge is -2.07. The molecule has 3 N–H and O–H groups in total. The van der Waals surface area contributed by atoms with E-state index in [1.807, 2.05) is 0 Å². The normalized spacial score (nSPS) is 11.1. The predicted octanol–water partition coefficient (Wildman–Crippen LogP) is 0.394. The largest absolute Gasteiger partial charge is 0.575 e. The van der Waals surface area contributed by atoms with Crippen LogP contribution in [0.1, 0.15) is 0 Å². The molecular formula is C5H6F3N5O. The summed E-state index contributed by atoms with van der Waals surface area (Å²) in [6.45, 7) is 0. The van der Waals surface area contributed by atoms with Gasteiger partial charge in [-0.1, -0.05) is 0 Å². The van der Waals surface area contributed by atoms with Gasteiger partial charge in [-0.25, -0.2) is 0 Å². The van der Waals surface area contributed by atoms with E-state index in [0.717, 1.165) is 0 Å². The van der Waals surface area contributed by atoms with Gasteiger partial charge in [0.05, 0.1) is 0 Å². The van der Waals surface area contributed by atoms with E-state index >= 15 is 0 Å². The minimum atomic E-state index is -4.85. The maximum atomic E-state index is 11.7. The maximum absolute atomic E-state index is 11.7. The van der Waals surface area contributed by atoms with Crippen molar-refractivity contribution in [3.05, 3.63) is 0 Å². The minimum Gasteiger partial charge on any atom is -0.370 e. The SMILES string of the molecule is CNc1nc(N)nc(OC(F)(F)F)n1. The quantitative estimate of drug-likeness (QED) is 0.732. The van der Waals surface area contributed by atoms with Gasteiger partial charge in [-0.3, -0.25) is 0 Å². The van der Waals surface area contributed by atoms with E-state index in [4.69, 9.17) is 5.73 Å². The van der Waals surface area contributed by atoms with Gasteiger partial charge in [-0.2, -0.15) is 15.0 Å². The van der Waals surface area contributed by atoms with Crippen LogP contribution < -0.4 is 15.8 Å². The number of hydrogen-bond donors (Lipinski definition) is 2. The highest BCUT2D eigenvalue weighted by Crippen LogP contribution is 2.19. The smallest absolute Gasteiger partial charge is 0.370 e. The molecule has 0 fully saturated rings. The van der Waals surface area contributed by atoms with E-state index in [0.29, 0.717) is 0 Å². The molecule has 0 aromatic carbocycles. The van der Waals surface area contributed by atoms with Crippen LogP contribution in [0, 0.1) is 0 Å². The van der Waals surface area contributed by atoms with E-state index in [1.165, 1.54) is 7.05 Å². The van der Waals surface area contributed by atoms with Gasteiger partial charge in [0, 0.05) is 7.05 Å². The average molecular weight is 209 g/mol. The van der Waals surface area contributed by atoms with Gasteiger partial charge in [0.15, 0.2) is 0 Å². The highest BCUT2D eigenvalue weighted by molar-refractivity contribution is 5.31. The van der Waals surface area contributed by atoms with Gasteiger partial charge >= 0.3 is 12.4 Å². The summed E-state index contributed by atoms with van der Waals surface area (Å²) < 4.78 is 38.6. The Morgan fingerprint density at radius 2 is 1.93 bits per heavy atom. The standard InChI is InChI=1S/C5H6F3N5O/c1-10-3-11-2(9)12-4(13-3)14-5(6,7)8/h1H3,(H3,9,10,11,12,13). The Hall–Kier alpha value is -1.80. The second-order valence-electron chi connectivity index (χ2n) is 2.10. The first-order valence-electron chi connectivity index (χ1n) is 3.36. The van der Waals surface area contributed by atoms with Crippen molar-refractivity contribution in [2.45, 2.75) is 6.36 Å². The number of alkyl halides is 3. The molecule has 1 heterocycles. The number of anilines is 2. The van der Waals surface area contributed by atoms with Crippen LogP contribution in [-0.2, 0) is 0 Å². The molecule has 1 aromatic rings. The molecule has 0 aliphatic carbocycles. The number of nitrogen functional groups attached to an aromatic ring is 1. The van der Waals surface area contributed by atoms with Crippen LogP contribution in [0.3, 0.4) is 0 Å². The zero-order valence-electron chi connectivity index (χ0n) is 6.96. The number of hydrogen-bond acceptors (Lipinski definition) is 6. The van der Waals surface area contributed by atoms with Crippen molar-refractivity contribution in [1.29, 1.82) is 0 Å². The van der Waals surface area contributed by atoms with Crippen LogP contribution in [0.5, 0.6) is 6.01 Å². The van der Waals surface area contributed by atoms with Gasteiger partial charge in [0.1, 0.15) is 0 Å². The van der Waals surface area contributed by atoms with E-state index in [2.05, 4.69) is 25.0 Å². The Bertz CT molecular complexity index is 328. The lowest BCUT2D eigenvalue weighted by Crippen LogP contribution is -2.19. The molecule has 6 nitrogen and oxygen atoms in total. The number of ether oxygens (including phenoxy) is 1. The molecule has 0 aliphatic heterocycles. The fourth-order valence-corrected chi connectivity index (χ4v) is 0.633. The first-order chi connectivity index (χ1) is 6.40. The Morgan fingerprint density at radius 3 is 2.43 bits per heavy atom. The number of nitrogens with two attached hydrogens (primary N) is 1. The topological polar surface area (TPSA) is 86.0 Å². The van der Waals surface area contributed by atoms with E-state index < -0.39 is 12.4 Å². The van der Waals surface area contributed by atoms with E-state index in [-0.39, 0.29) is 11.9 Å². The maximum Gasteiger partial charge on any atom is 0.575 e. The van der Waals surface area contributed by atoms with Gasteiger partial charge in [-0.05, 0) is 0 Å². The minimum absolute atomic E-state index is 0.100. The fraction of sp³-hybridized carbons (Fsp3) is 0.400. The number of aromatic nitrogens is 3. The van der Waals surface area contributed by atoms with Crippen LogP contribution in [-0.4, -0.2) is 28.4 Å². The lowest BCUT2D eigenvalue weighted by molar-refractivity contribution is -0.277. The molecule has 0 radical (unpaired) electrons. The van der Waals surface area contributed by atoms with Crippen molar-refractivity contribution in [3.63, 3.8) is 0 Å².